The highest BCUT2D eigenvalue weighted by atomic mass is 16.5. The molecule has 35 heavy (non-hydrogen) atoms. The zero-order valence-electron chi connectivity index (χ0n) is 19.0. The molecular formula is C28H21N5O2. The summed E-state index contributed by atoms with van der Waals surface area (Å²) in [5, 5.41) is 15.2. The first-order valence-electron chi connectivity index (χ1n) is 11.2. The monoisotopic (exact) mass is 459 g/mol. The van der Waals surface area contributed by atoms with Crippen LogP contribution < -0.4 is 10.3 Å². The third-order valence-electron chi connectivity index (χ3n) is 5.49. The number of rotatable bonds is 6. The number of hydrogen-bond donors (Lipinski definition) is 1. The predicted octanol–water partition coefficient (Wildman–Crippen LogP) is 5.24. The van der Waals surface area contributed by atoms with Gasteiger partial charge in [-0.2, -0.15) is 10.4 Å². The average molecular weight is 460 g/mol. The lowest BCUT2D eigenvalue weighted by Crippen LogP contribution is -2.11. The van der Waals surface area contributed by atoms with E-state index in [2.05, 4.69) is 16.0 Å². The Labute approximate surface area is 201 Å². The number of fused-ring (bicyclic) bond motifs is 1. The Hall–Kier alpha value is -4.96. The van der Waals surface area contributed by atoms with Crippen molar-refractivity contribution in [3.05, 3.63) is 107 Å². The van der Waals surface area contributed by atoms with Crippen LogP contribution in [-0.2, 0) is 0 Å². The quantitative estimate of drug-likeness (QED) is 0.350. The second kappa shape index (κ2) is 9.49. The highest BCUT2D eigenvalue weighted by Crippen LogP contribution is 2.28. The van der Waals surface area contributed by atoms with Gasteiger partial charge in [-0.1, -0.05) is 30.3 Å². The third-order valence-corrected chi connectivity index (χ3v) is 5.49. The number of hydrogen-bond acceptors (Lipinski definition) is 5. The van der Waals surface area contributed by atoms with Gasteiger partial charge < -0.3 is 9.72 Å². The van der Waals surface area contributed by atoms with E-state index in [1.807, 2.05) is 73.8 Å². The van der Waals surface area contributed by atoms with Crippen LogP contribution >= 0.6 is 0 Å². The molecule has 0 fully saturated rings. The van der Waals surface area contributed by atoms with Crippen LogP contribution in [0, 0.1) is 11.3 Å². The van der Waals surface area contributed by atoms with Crippen LogP contribution in [0.5, 0.6) is 5.75 Å². The van der Waals surface area contributed by atoms with Gasteiger partial charge in [-0.3, -0.25) is 4.79 Å². The van der Waals surface area contributed by atoms with Crippen molar-refractivity contribution < 1.29 is 4.74 Å². The average Bonchev–Trinajstić information content (AvgIpc) is 3.32. The molecular weight excluding hydrogens is 438 g/mol. The standard InChI is InChI=1S/C28H21N5O2/c1-2-35-23-14-12-19(13-15-23)26-21(18-33(32-26)22-8-4-3-5-9-22)16-20(17-29)27-30-25-11-7-6-10-24(25)28(34)31-27/h3-16,18H,2H2,1H3,(H,30,31,34)/b20-16+. The van der Waals surface area contributed by atoms with Crippen LogP contribution in [0.3, 0.4) is 0 Å². The first-order valence-corrected chi connectivity index (χ1v) is 11.2. The molecule has 0 aliphatic carbocycles. The maximum Gasteiger partial charge on any atom is 0.259 e. The van der Waals surface area contributed by atoms with Gasteiger partial charge in [0.05, 0.1) is 34.5 Å². The summed E-state index contributed by atoms with van der Waals surface area (Å²) in [4.78, 5) is 19.8. The number of allylic oxidation sites excluding steroid dienone is 1. The molecule has 0 saturated heterocycles. The molecule has 0 amide bonds. The lowest BCUT2D eigenvalue weighted by atomic mass is 10.1. The van der Waals surface area contributed by atoms with Gasteiger partial charge in [0.2, 0.25) is 0 Å². The topological polar surface area (TPSA) is 96.6 Å². The molecule has 0 unspecified atom stereocenters. The van der Waals surface area contributed by atoms with Crippen molar-refractivity contribution in [2.45, 2.75) is 6.92 Å². The van der Waals surface area contributed by atoms with Gasteiger partial charge in [-0.25, -0.2) is 9.67 Å². The van der Waals surface area contributed by atoms with Crippen molar-refractivity contribution in [1.82, 2.24) is 19.7 Å². The number of para-hydroxylation sites is 2. The molecule has 0 radical (unpaired) electrons. The van der Waals surface area contributed by atoms with Crippen LogP contribution in [-0.4, -0.2) is 26.4 Å². The summed E-state index contributed by atoms with van der Waals surface area (Å²) < 4.78 is 7.33. The van der Waals surface area contributed by atoms with Crippen molar-refractivity contribution in [2.24, 2.45) is 0 Å². The van der Waals surface area contributed by atoms with E-state index < -0.39 is 0 Å². The van der Waals surface area contributed by atoms with E-state index in [1.165, 1.54) is 0 Å². The maximum absolute atomic E-state index is 12.6. The smallest absolute Gasteiger partial charge is 0.259 e. The van der Waals surface area contributed by atoms with Crippen LogP contribution in [0.1, 0.15) is 18.3 Å². The van der Waals surface area contributed by atoms with Gasteiger partial charge in [0.25, 0.3) is 5.56 Å². The van der Waals surface area contributed by atoms with Gasteiger partial charge >= 0.3 is 0 Å². The zero-order chi connectivity index (χ0) is 24.2. The summed E-state index contributed by atoms with van der Waals surface area (Å²) in [7, 11) is 0. The Kier molecular flexibility index (Phi) is 5.93. The van der Waals surface area contributed by atoms with Crippen LogP contribution in [0.25, 0.3) is 39.5 Å². The Morgan fingerprint density at radius 3 is 2.54 bits per heavy atom. The second-order valence-corrected chi connectivity index (χ2v) is 7.77. The molecule has 7 heteroatoms. The van der Waals surface area contributed by atoms with E-state index in [1.54, 1.807) is 29.0 Å². The molecule has 7 nitrogen and oxygen atoms in total. The Morgan fingerprint density at radius 1 is 1.06 bits per heavy atom. The van der Waals surface area contributed by atoms with Gasteiger partial charge in [0.15, 0.2) is 5.82 Å². The van der Waals surface area contributed by atoms with E-state index in [-0.39, 0.29) is 17.0 Å². The summed E-state index contributed by atoms with van der Waals surface area (Å²) in [5.74, 6) is 0.979. The van der Waals surface area contributed by atoms with Gasteiger partial charge in [0, 0.05) is 17.3 Å². The summed E-state index contributed by atoms with van der Waals surface area (Å²) in [6.07, 6.45) is 3.56. The first-order chi connectivity index (χ1) is 17.2. The molecule has 2 aromatic heterocycles. The molecule has 5 aromatic rings. The van der Waals surface area contributed by atoms with Crippen LogP contribution in [0.2, 0.25) is 0 Å². The SMILES string of the molecule is CCOc1ccc(-c2nn(-c3ccccc3)cc2/C=C(\C#N)c2nc3ccccc3c(=O)[nH]2)cc1. The fourth-order valence-electron chi connectivity index (χ4n) is 3.83. The number of nitrogens with one attached hydrogen (secondary N) is 1. The molecule has 0 spiro atoms. The summed E-state index contributed by atoms with van der Waals surface area (Å²) in [5.41, 5.74) is 3.62. The third kappa shape index (κ3) is 4.45. The van der Waals surface area contributed by atoms with E-state index in [9.17, 15) is 10.1 Å². The molecule has 1 N–H and O–H groups in total. The van der Waals surface area contributed by atoms with E-state index in [0.717, 1.165) is 17.0 Å². The molecule has 0 atom stereocenters. The molecule has 0 aliphatic heterocycles. The van der Waals surface area contributed by atoms with Gasteiger partial charge in [-0.05, 0) is 61.5 Å². The lowest BCUT2D eigenvalue weighted by Gasteiger charge is -2.05. The van der Waals surface area contributed by atoms with E-state index in [0.29, 0.717) is 28.8 Å². The van der Waals surface area contributed by atoms with Crippen LogP contribution in [0.15, 0.2) is 89.9 Å². The minimum atomic E-state index is -0.293. The van der Waals surface area contributed by atoms with E-state index >= 15 is 0 Å². The maximum atomic E-state index is 12.6. The fraction of sp³-hybridized carbons (Fsp3) is 0.0714. The molecule has 170 valence electrons. The van der Waals surface area contributed by atoms with Gasteiger partial charge in [0.1, 0.15) is 11.8 Å². The lowest BCUT2D eigenvalue weighted by molar-refractivity contribution is 0.340. The van der Waals surface area contributed by atoms with Crippen molar-refractivity contribution in [3.63, 3.8) is 0 Å². The van der Waals surface area contributed by atoms with Crippen LogP contribution in [0.4, 0.5) is 0 Å². The number of ether oxygens (including phenoxy) is 1. The first kappa shape index (κ1) is 21.9. The van der Waals surface area contributed by atoms with Crippen molar-refractivity contribution in [3.8, 4) is 28.8 Å². The highest BCUT2D eigenvalue weighted by molar-refractivity contribution is 5.91. The van der Waals surface area contributed by atoms with E-state index in [4.69, 9.17) is 9.84 Å². The number of nitrogens with zero attached hydrogens (tertiary/aromatic N) is 4. The molecule has 2 heterocycles. The van der Waals surface area contributed by atoms with Crippen molar-refractivity contribution >= 4 is 22.6 Å². The fourth-order valence-corrected chi connectivity index (χ4v) is 3.83. The predicted molar refractivity (Wildman–Crippen MR) is 136 cm³/mol. The summed E-state index contributed by atoms with van der Waals surface area (Å²) in [6, 6.07) is 26.6. The summed E-state index contributed by atoms with van der Waals surface area (Å²) in [6.45, 7) is 2.52. The van der Waals surface area contributed by atoms with Gasteiger partial charge in [-0.15, -0.1) is 0 Å². The molecule has 5 rings (SSSR count). The molecule has 0 aliphatic rings. The number of nitriles is 1. The highest BCUT2D eigenvalue weighted by Gasteiger charge is 2.14. The number of H-pyrrole nitrogens is 1. The van der Waals surface area contributed by atoms with Crippen molar-refractivity contribution in [2.75, 3.05) is 6.61 Å². The molecule has 0 saturated carbocycles. The number of benzene rings is 3. The van der Waals surface area contributed by atoms with Crippen molar-refractivity contribution in [1.29, 1.82) is 5.26 Å². The number of aromatic nitrogens is 4. The minimum absolute atomic E-state index is 0.210. The Balaban J connectivity index is 1.65. The normalized spacial score (nSPS) is 11.4. The summed E-state index contributed by atoms with van der Waals surface area (Å²) >= 11 is 0. The largest absolute Gasteiger partial charge is 0.494 e. The molecule has 3 aromatic carbocycles. The molecule has 0 bridgehead atoms. The minimum Gasteiger partial charge on any atom is -0.494 e. The Morgan fingerprint density at radius 2 is 1.80 bits per heavy atom. The zero-order valence-corrected chi connectivity index (χ0v) is 19.0. The number of aromatic amines is 1. The Bertz CT molecular complexity index is 1620. The second-order valence-electron chi connectivity index (χ2n) is 7.77.